The number of likely N-dealkylation sites (tertiary alicyclic amines) is 2. The van der Waals surface area contributed by atoms with Crippen molar-refractivity contribution in [2.24, 2.45) is 11.8 Å². The quantitative estimate of drug-likeness (QED) is 0.538. The number of piperidine rings is 1. The number of halogens is 1. The molecule has 200 valence electrons. The van der Waals surface area contributed by atoms with Crippen molar-refractivity contribution in [1.29, 1.82) is 5.26 Å². The monoisotopic (exact) mass is 511 g/mol. The van der Waals surface area contributed by atoms with E-state index in [1.54, 1.807) is 17.0 Å². The van der Waals surface area contributed by atoms with E-state index in [-0.39, 0.29) is 36.4 Å². The lowest BCUT2D eigenvalue weighted by Crippen LogP contribution is -2.51. The minimum absolute atomic E-state index is 0.00587. The number of benzene rings is 1. The number of hydrogen-bond acceptors (Lipinski definition) is 6. The van der Waals surface area contributed by atoms with Crippen LogP contribution in [0.3, 0.4) is 0 Å². The van der Waals surface area contributed by atoms with Crippen LogP contribution in [0.2, 0.25) is 0 Å². The van der Waals surface area contributed by atoms with Crippen molar-refractivity contribution in [2.45, 2.75) is 88.9 Å². The zero-order chi connectivity index (χ0) is 26.3. The van der Waals surface area contributed by atoms with E-state index in [4.69, 9.17) is 9.47 Å². The Bertz CT molecular complexity index is 1080. The highest BCUT2D eigenvalue weighted by molar-refractivity contribution is 5.89. The smallest absolute Gasteiger partial charge is 0.411 e. The topological polar surface area (TPSA) is 82.9 Å². The molecule has 3 saturated heterocycles. The van der Waals surface area contributed by atoms with Crippen molar-refractivity contribution < 1.29 is 23.5 Å². The first-order chi connectivity index (χ1) is 17.6. The van der Waals surface area contributed by atoms with E-state index >= 15 is 4.39 Å². The SMILES string of the molecule is CC(C)(C)OC(=O)N1[C@@H]2CC[C@@H](C2)[C@H]1C(=O)C[C@H](C#N)Cc1ccc(C2CCN(C3COC3)C2)cc1F. The molecular formula is C29H38FN3O4. The number of rotatable bonds is 7. The third-order valence-corrected chi connectivity index (χ3v) is 8.52. The summed E-state index contributed by atoms with van der Waals surface area (Å²) in [6.07, 6.45) is 3.31. The summed E-state index contributed by atoms with van der Waals surface area (Å²) in [6.45, 7) is 8.93. The van der Waals surface area contributed by atoms with Gasteiger partial charge < -0.3 is 9.47 Å². The summed E-state index contributed by atoms with van der Waals surface area (Å²) < 4.78 is 26.0. The van der Waals surface area contributed by atoms with Gasteiger partial charge >= 0.3 is 6.09 Å². The Morgan fingerprint density at radius 3 is 2.65 bits per heavy atom. The molecule has 1 saturated carbocycles. The summed E-state index contributed by atoms with van der Waals surface area (Å²) in [6, 6.07) is 7.53. The Kier molecular flexibility index (Phi) is 7.30. The van der Waals surface area contributed by atoms with Gasteiger partial charge in [-0.2, -0.15) is 5.26 Å². The molecule has 0 spiro atoms. The number of fused-ring (bicyclic) bond motifs is 2. The molecule has 1 aromatic carbocycles. The molecule has 1 unspecified atom stereocenters. The lowest BCUT2D eigenvalue weighted by Gasteiger charge is -2.35. The first kappa shape index (κ1) is 26.1. The maximum atomic E-state index is 15.1. The Hall–Kier alpha value is -2.50. The fourth-order valence-electron chi connectivity index (χ4n) is 6.58. The molecule has 4 fully saturated rings. The van der Waals surface area contributed by atoms with Crippen molar-refractivity contribution in [3.05, 3.63) is 35.1 Å². The summed E-state index contributed by atoms with van der Waals surface area (Å²) in [4.78, 5) is 30.3. The first-order valence-electron chi connectivity index (χ1n) is 13.7. The first-order valence-corrected chi connectivity index (χ1v) is 13.7. The van der Waals surface area contributed by atoms with Crippen LogP contribution in [-0.4, -0.2) is 71.7 Å². The molecule has 5 rings (SSSR count). The molecule has 1 aliphatic carbocycles. The maximum absolute atomic E-state index is 15.1. The van der Waals surface area contributed by atoms with Crippen LogP contribution in [0.5, 0.6) is 0 Å². The second kappa shape index (κ2) is 10.3. The molecule has 2 bridgehead atoms. The van der Waals surface area contributed by atoms with Crippen LogP contribution in [-0.2, 0) is 20.7 Å². The number of ketones is 1. The van der Waals surface area contributed by atoms with E-state index in [1.807, 2.05) is 26.8 Å². The molecule has 1 aromatic rings. The number of carbonyl (C=O) groups excluding carboxylic acids is 2. The Labute approximate surface area is 218 Å². The van der Waals surface area contributed by atoms with E-state index in [2.05, 4.69) is 11.0 Å². The third kappa shape index (κ3) is 5.53. The third-order valence-electron chi connectivity index (χ3n) is 8.52. The molecule has 37 heavy (non-hydrogen) atoms. The van der Waals surface area contributed by atoms with E-state index < -0.39 is 23.7 Å². The van der Waals surface area contributed by atoms with Crippen LogP contribution < -0.4 is 0 Å². The maximum Gasteiger partial charge on any atom is 0.411 e. The largest absolute Gasteiger partial charge is 0.444 e. The highest BCUT2D eigenvalue weighted by atomic mass is 19.1. The predicted octanol–water partition coefficient (Wildman–Crippen LogP) is 4.44. The Morgan fingerprint density at radius 2 is 2.00 bits per heavy atom. The molecule has 1 amide bonds. The molecule has 0 aromatic heterocycles. The van der Waals surface area contributed by atoms with Crippen molar-refractivity contribution in [2.75, 3.05) is 26.3 Å². The van der Waals surface area contributed by atoms with Gasteiger partial charge in [0.1, 0.15) is 11.4 Å². The van der Waals surface area contributed by atoms with Gasteiger partial charge in [0.25, 0.3) is 0 Å². The Morgan fingerprint density at radius 1 is 1.22 bits per heavy atom. The lowest BCUT2D eigenvalue weighted by molar-refractivity contribution is -0.126. The van der Waals surface area contributed by atoms with Crippen molar-refractivity contribution in [1.82, 2.24) is 9.80 Å². The van der Waals surface area contributed by atoms with Crippen LogP contribution in [0.4, 0.5) is 9.18 Å². The number of Topliss-reactive ketones (excluding diaryl/α,β-unsaturated/α-hetero) is 1. The van der Waals surface area contributed by atoms with Crippen LogP contribution in [0, 0.1) is 29.0 Å². The Balaban J connectivity index is 1.21. The number of ether oxygens (including phenoxy) is 2. The average molecular weight is 512 g/mol. The number of nitriles is 1. The second-order valence-corrected chi connectivity index (χ2v) is 12.3. The molecule has 8 heteroatoms. The minimum Gasteiger partial charge on any atom is -0.444 e. The molecule has 3 aliphatic heterocycles. The zero-order valence-electron chi connectivity index (χ0n) is 22.1. The lowest BCUT2D eigenvalue weighted by atomic mass is 9.87. The van der Waals surface area contributed by atoms with Gasteiger partial charge in [0.15, 0.2) is 5.78 Å². The highest BCUT2D eigenvalue weighted by Gasteiger charge is 2.52. The molecule has 7 nitrogen and oxygen atoms in total. The highest BCUT2D eigenvalue weighted by Crippen LogP contribution is 2.44. The van der Waals surface area contributed by atoms with Gasteiger partial charge in [-0.3, -0.25) is 14.6 Å². The van der Waals surface area contributed by atoms with Crippen LogP contribution in [0.25, 0.3) is 0 Å². The predicted molar refractivity (Wildman–Crippen MR) is 135 cm³/mol. The molecule has 4 aliphatic rings. The minimum atomic E-state index is -0.645. The van der Waals surface area contributed by atoms with E-state index in [0.29, 0.717) is 17.5 Å². The number of amides is 1. The van der Waals surface area contributed by atoms with Crippen molar-refractivity contribution >= 4 is 11.9 Å². The van der Waals surface area contributed by atoms with Crippen LogP contribution in [0.1, 0.15) is 69.9 Å². The zero-order valence-corrected chi connectivity index (χ0v) is 22.1. The number of carbonyl (C=O) groups is 2. The molecular weight excluding hydrogens is 473 g/mol. The van der Waals surface area contributed by atoms with Crippen molar-refractivity contribution in [3.8, 4) is 6.07 Å². The average Bonchev–Trinajstić information content (AvgIpc) is 3.53. The van der Waals surface area contributed by atoms with Gasteiger partial charge in [0, 0.05) is 19.0 Å². The fraction of sp³-hybridized carbons (Fsp3) is 0.690. The fourth-order valence-corrected chi connectivity index (χ4v) is 6.58. The number of hydrogen-bond donors (Lipinski definition) is 0. The summed E-state index contributed by atoms with van der Waals surface area (Å²) in [7, 11) is 0. The van der Waals surface area contributed by atoms with E-state index in [9.17, 15) is 14.9 Å². The van der Waals surface area contributed by atoms with Crippen molar-refractivity contribution in [3.63, 3.8) is 0 Å². The normalized spacial score (nSPS) is 28.7. The molecule has 0 radical (unpaired) electrons. The summed E-state index contributed by atoms with van der Waals surface area (Å²) >= 11 is 0. The molecule has 0 N–H and O–H groups in total. The van der Waals surface area contributed by atoms with Crippen LogP contribution in [0.15, 0.2) is 18.2 Å². The summed E-state index contributed by atoms with van der Waals surface area (Å²) in [5.74, 6) is -0.668. The molecule has 3 heterocycles. The van der Waals surface area contributed by atoms with Gasteiger partial charge in [0.05, 0.1) is 37.3 Å². The molecule has 5 atom stereocenters. The van der Waals surface area contributed by atoms with Gasteiger partial charge in [0.2, 0.25) is 0 Å². The second-order valence-electron chi connectivity index (χ2n) is 12.3. The van der Waals surface area contributed by atoms with Crippen LogP contribution >= 0.6 is 0 Å². The van der Waals surface area contributed by atoms with Gasteiger partial charge in [-0.25, -0.2) is 9.18 Å². The number of nitrogens with zero attached hydrogens (tertiary/aromatic N) is 3. The van der Waals surface area contributed by atoms with Gasteiger partial charge in [-0.15, -0.1) is 0 Å². The van der Waals surface area contributed by atoms with E-state index in [1.165, 1.54) is 0 Å². The van der Waals surface area contributed by atoms with Gasteiger partial charge in [-0.1, -0.05) is 12.1 Å². The summed E-state index contributed by atoms with van der Waals surface area (Å²) in [5.41, 5.74) is 0.805. The standard InChI is InChI=1S/C29H38FN3O4/c1-29(2,3)37-28(35)33-23-7-6-21(12-23)27(33)26(34)11-18(14-31)10-20-5-4-19(13-25(20)30)22-8-9-32(15-22)24-16-36-17-24/h4-5,13,18,21-24,27H,6-12,15-17H2,1-3H3/t18-,21+,22?,23-,27+/m1/s1. The van der Waals surface area contributed by atoms with Gasteiger partial charge in [-0.05, 0) is 88.4 Å². The van der Waals surface area contributed by atoms with E-state index in [0.717, 1.165) is 57.6 Å². The summed E-state index contributed by atoms with van der Waals surface area (Å²) in [5, 5.41) is 9.82.